The lowest BCUT2D eigenvalue weighted by atomic mass is 9.82. The molecule has 5 heteroatoms. The van der Waals surface area contributed by atoms with E-state index in [0.717, 1.165) is 50.2 Å². The van der Waals surface area contributed by atoms with Gasteiger partial charge in [-0.15, -0.1) is 11.3 Å². The van der Waals surface area contributed by atoms with E-state index >= 15 is 0 Å². The number of fused-ring (bicyclic) bond motifs is 3. The lowest BCUT2D eigenvalue weighted by molar-refractivity contribution is -0.145. The molecule has 2 bridgehead atoms. The van der Waals surface area contributed by atoms with Crippen molar-refractivity contribution in [1.82, 2.24) is 9.80 Å². The van der Waals surface area contributed by atoms with Gasteiger partial charge in [0, 0.05) is 36.5 Å². The van der Waals surface area contributed by atoms with E-state index in [-0.39, 0.29) is 11.8 Å². The maximum Gasteiger partial charge on any atom is 0.227 e. The van der Waals surface area contributed by atoms with Crippen LogP contribution in [0.25, 0.3) is 0 Å². The third kappa shape index (κ3) is 3.24. The Balaban J connectivity index is 1.23. The summed E-state index contributed by atoms with van der Waals surface area (Å²) in [6, 6.07) is 4.40. The monoisotopic (exact) mass is 384 g/mol. The van der Waals surface area contributed by atoms with E-state index < -0.39 is 0 Å². The normalized spacial score (nSPS) is 34.7. The van der Waals surface area contributed by atoms with Crippen molar-refractivity contribution < 1.29 is 9.59 Å². The zero-order valence-electron chi connectivity index (χ0n) is 15.8. The molecular formula is C22H28N2O2S. The highest BCUT2D eigenvalue weighted by atomic mass is 32.1. The van der Waals surface area contributed by atoms with Gasteiger partial charge in [-0.3, -0.25) is 9.59 Å². The van der Waals surface area contributed by atoms with Crippen LogP contribution in [0.2, 0.25) is 0 Å². The van der Waals surface area contributed by atoms with E-state index in [9.17, 15) is 9.59 Å². The lowest BCUT2D eigenvalue weighted by Crippen LogP contribution is -2.58. The lowest BCUT2D eigenvalue weighted by Gasteiger charge is -2.48. The second-order valence-electron chi connectivity index (χ2n) is 8.77. The number of carbonyl (C=O) groups excluding carboxylic acids is 2. The summed E-state index contributed by atoms with van der Waals surface area (Å²) in [4.78, 5) is 31.4. The van der Waals surface area contributed by atoms with Gasteiger partial charge in [0.15, 0.2) is 0 Å². The number of thiophene rings is 1. The highest BCUT2D eigenvalue weighted by molar-refractivity contribution is 7.10. The van der Waals surface area contributed by atoms with Crippen LogP contribution in [-0.4, -0.2) is 47.3 Å². The molecule has 4 aliphatic rings. The summed E-state index contributed by atoms with van der Waals surface area (Å²) in [6.45, 7) is 2.54. The minimum Gasteiger partial charge on any atom is -0.342 e. The molecule has 0 unspecified atom stereocenters. The third-order valence-electron chi connectivity index (χ3n) is 7.21. The van der Waals surface area contributed by atoms with Crippen LogP contribution in [0.3, 0.4) is 0 Å². The Hall–Kier alpha value is -1.62. The molecule has 1 aromatic rings. The van der Waals surface area contributed by atoms with Gasteiger partial charge in [-0.25, -0.2) is 0 Å². The summed E-state index contributed by atoms with van der Waals surface area (Å²) in [5.41, 5.74) is 0. The fourth-order valence-corrected chi connectivity index (χ4v) is 6.55. The minimum absolute atomic E-state index is 0.220. The Morgan fingerprint density at radius 3 is 2.81 bits per heavy atom. The van der Waals surface area contributed by atoms with Crippen molar-refractivity contribution in [3.05, 3.63) is 34.5 Å². The minimum atomic E-state index is 0.220. The molecule has 0 N–H and O–H groups in total. The smallest absolute Gasteiger partial charge is 0.227 e. The standard InChI is InChI=1S/C22H28N2O2S/c25-21(13-18-4-2-10-27-18)23-9-7-20-17(14-23)3-1-8-24(20)22(26)19-12-15-5-6-16(19)11-15/h2,4-6,10,15-17,19-20H,1,3,7-9,11-14H2/t15-,16+,17-,19-,20+/m1/s1. The summed E-state index contributed by atoms with van der Waals surface area (Å²) < 4.78 is 0. The van der Waals surface area contributed by atoms with Crippen LogP contribution in [0, 0.1) is 23.7 Å². The van der Waals surface area contributed by atoms with Crippen molar-refractivity contribution >= 4 is 23.2 Å². The second-order valence-corrected chi connectivity index (χ2v) is 9.80. The fraction of sp³-hybridized carbons (Fsp3) is 0.636. The third-order valence-corrected chi connectivity index (χ3v) is 8.08. The van der Waals surface area contributed by atoms with Gasteiger partial charge in [-0.2, -0.15) is 0 Å². The first-order valence-electron chi connectivity index (χ1n) is 10.5. The van der Waals surface area contributed by atoms with Gasteiger partial charge in [0.05, 0.1) is 6.42 Å². The fourth-order valence-electron chi connectivity index (χ4n) is 5.86. The molecule has 2 saturated heterocycles. The van der Waals surface area contributed by atoms with Gasteiger partial charge >= 0.3 is 0 Å². The predicted molar refractivity (Wildman–Crippen MR) is 106 cm³/mol. The topological polar surface area (TPSA) is 40.6 Å². The quantitative estimate of drug-likeness (QED) is 0.750. The van der Waals surface area contributed by atoms with E-state index in [0.29, 0.717) is 36.1 Å². The van der Waals surface area contributed by atoms with Gasteiger partial charge in [-0.1, -0.05) is 18.2 Å². The summed E-state index contributed by atoms with van der Waals surface area (Å²) in [6.07, 6.45) is 10.5. The molecule has 1 aromatic heterocycles. The number of rotatable bonds is 3. The average Bonchev–Trinajstić information content (AvgIpc) is 3.45. The molecule has 5 atom stereocenters. The molecule has 3 heterocycles. The molecule has 4 nitrogen and oxygen atoms in total. The van der Waals surface area contributed by atoms with Crippen molar-refractivity contribution in [1.29, 1.82) is 0 Å². The number of nitrogens with zero attached hydrogens (tertiary/aromatic N) is 2. The Morgan fingerprint density at radius 2 is 2.07 bits per heavy atom. The molecule has 2 aliphatic carbocycles. The van der Waals surface area contributed by atoms with Crippen molar-refractivity contribution in [2.24, 2.45) is 23.7 Å². The van der Waals surface area contributed by atoms with Crippen LogP contribution in [-0.2, 0) is 16.0 Å². The molecule has 0 aromatic carbocycles. The Morgan fingerprint density at radius 1 is 1.15 bits per heavy atom. The maximum absolute atomic E-state index is 13.3. The molecule has 3 fully saturated rings. The Labute approximate surface area is 165 Å². The number of hydrogen-bond acceptors (Lipinski definition) is 3. The molecular weight excluding hydrogens is 356 g/mol. The van der Waals surface area contributed by atoms with Crippen molar-refractivity contribution in [2.45, 2.75) is 44.6 Å². The van der Waals surface area contributed by atoms with E-state index in [2.05, 4.69) is 22.0 Å². The van der Waals surface area contributed by atoms with Crippen LogP contribution in [0.5, 0.6) is 0 Å². The van der Waals surface area contributed by atoms with Crippen LogP contribution >= 0.6 is 11.3 Å². The van der Waals surface area contributed by atoms with E-state index in [1.807, 2.05) is 17.5 Å². The van der Waals surface area contributed by atoms with Gasteiger partial charge < -0.3 is 9.80 Å². The number of allylic oxidation sites excluding steroid dienone is 2. The van der Waals surface area contributed by atoms with Crippen LogP contribution in [0.1, 0.15) is 37.0 Å². The Kier molecular flexibility index (Phi) is 4.58. The van der Waals surface area contributed by atoms with Crippen molar-refractivity contribution in [3.63, 3.8) is 0 Å². The average molecular weight is 385 g/mol. The van der Waals surface area contributed by atoms with E-state index in [4.69, 9.17) is 0 Å². The summed E-state index contributed by atoms with van der Waals surface area (Å²) in [5.74, 6) is 2.45. The van der Waals surface area contributed by atoms with Crippen molar-refractivity contribution in [2.75, 3.05) is 19.6 Å². The first-order valence-corrected chi connectivity index (χ1v) is 11.4. The number of hydrogen-bond donors (Lipinski definition) is 0. The molecule has 1 saturated carbocycles. The summed E-state index contributed by atoms with van der Waals surface area (Å²) >= 11 is 1.66. The zero-order valence-corrected chi connectivity index (χ0v) is 16.6. The maximum atomic E-state index is 13.3. The number of amides is 2. The first-order chi connectivity index (χ1) is 13.2. The summed E-state index contributed by atoms with van der Waals surface area (Å²) in [7, 11) is 0. The van der Waals surface area contributed by atoms with E-state index in [1.54, 1.807) is 11.3 Å². The Bertz CT molecular complexity index is 744. The van der Waals surface area contributed by atoms with Gasteiger partial charge in [0.25, 0.3) is 0 Å². The molecule has 2 aliphatic heterocycles. The predicted octanol–water partition coefficient (Wildman–Crippen LogP) is 3.34. The van der Waals surface area contributed by atoms with Crippen LogP contribution in [0.15, 0.2) is 29.7 Å². The van der Waals surface area contributed by atoms with Crippen LogP contribution < -0.4 is 0 Å². The molecule has 2 amide bonds. The molecule has 0 spiro atoms. The SMILES string of the molecule is O=C(Cc1cccs1)N1CC[C@H]2[C@H](CCCN2C(=O)[C@@H]2C[C@@H]3C=C[C@H]2C3)C1. The highest BCUT2D eigenvalue weighted by Crippen LogP contribution is 2.45. The molecule has 0 radical (unpaired) electrons. The largest absolute Gasteiger partial charge is 0.342 e. The second kappa shape index (κ2) is 7.08. The van der Waals surface area contributed by atoms with Gasteiger partial charge in [0.1, 0.15) is 0 Å². The summed E-state index contributed by atoms with van der Waals surface area (Å²) in [5, 5.41) is 2.03. The van der Waals surface area contributed by atoms with Crippen LogP contribution in [0.4, 0.5) is 0 Å². The molecule has 144 valence electrons. The zero-order chi connectivity index (χ0) is 18.4. The first kappa shape index (κ1) is 17.5. The molecule has 27 heavy (non-hydrogen) atoms. The van der Waals surface area contributed by atoms with Crippen molar-refractivity contribution in [3.8, 4) is 0 Å². The highest BCUT2D eigenvalue weighted by Gasteiger charge is 2.45. The molecule has 5 rings (SSSR count). The number of carbonyl (C=O) groups is 2. The van der Waals surface area contributed by atoms with Gasteiger partial charge in [-0.05, 0) is 61.3 Å². The van der Waals surface area contributed by atoms with Gasteiger partial charge in [0.2, 0.25) is 11.8 Å². The van der Waals surface area contributed by atoms with E-state index in [1.165, 1.54) is 6.42 Å². The number of likely N-dealkylation sites (tertiary alicyclic amines) is 2. The number of piperidine rings is 2.